The Labute approximate surface area is 169 Å². The summed E-state index contributed by atoms with van der Waals surface area (Å²) in [5.74, 6) is 0.0373. The number of nitrogens with zero attached hydrogens (tertiary/aromatic N) is 2. The van der Waals surface area contributed by atoms with Crippen LogP contribution in [0.2, 0.25) is 0 Å². The van der Waals surface area contributed by atoms with Gasteiger partial charge in [-0.05, 0) is 24.8 Å². The highest BCUT2D eigenvalue weighted by atomic mass is 32.2. The van der Waals surface area contributed by atoms with Gasteiger partial charge in [0.15, 0.2) is 0 Å². The minimum absolute atomic E-state index is 0.0373. The van der Waals surface area contributed by atoms with E-state index in [1.165, 1.54) is 22.5 Å². The second-order valence-electron chi connectivity index (χ2n) is 8.23. The fourth-order valence-corrected chi connectivity index (χ4v) is 5.55. The van der Waals surface area contributed by atoms with Crippen molar-refractivity contribution in [2.24, 2.45) is 0 Å². The van der Waals surface area contributed by atoms with Crippen LogP contribution in [0, 0.1) is 0 Å². The Bertz CT molecular complexity index is 745. The van der Waals surface area contributed by atoms with Gasteiger partial charge in [-0.15, -0.1) is 0 Å². The largest absolute Gasteiger partial charge is 0.355 e. The zero-order valence-corrected chi connectivity index (χ0v) is 17.7. The molecule has 3 rings (SSSR count). The maximum atomic E-state index is 12.7. The van der Waals surface area contributed by atoms with Gasteiger partial charge >= 0.3 is 0 Å². The molecule has 7 heteroatoms. The summed E-state index contributed by atoms with van der Waals surface area (Å²) in [5, 5.41) is 2.97. The summed E-state index contributed by atoms with van der Waals surface area (Å²) in [6.45, 7) is 2.81. The zero-order chi connectivity index (χ0) is 20.0. The van der Waals surface area contributed by atoms with Crippen LogP contribution in [0.4, 0.5) is 0 Å². The van der Waals surface area contributed by atoms with E-state index >= 15 is 0 Å². The number of nitrogens with one attached hydrogen (secondary N) is 1. The lowest BCUT2D eigenvalue weighted by atomic mass is 9.77. The quantitative estimate of drug-likeness (QED) is 0.835. The third kappa shape index (κ3) is 5.55. The van der Waals surface area contributed by atoms with E-state index in [-0.39, 0.29) is 11.4 Å². The van der Waals surface area contributed by atoms with Gasteiger partial charge in [0.1, 0.15) is 0 Å². The summed E-state index contributed by atoms with van der Waals surface area (Å²) in [6.07, 6.45) is 8.10. The van der Waals surface area contributed by atoms with E-state index in [0.717, 1.165) is 45.2 Å². The van der Waals surface area contributed by atoms with Gasteiger partial charge in [-0.1, -0.05) is 49.6 Å². The predicted octanol–water partition coefficient (Wildman–Crippen LogP) is 2.36. The van der Waals surface area contributed by atoms with E-state index in [9.17, 15) is 13.2 Å². The Hall–Kier alpha value is -1.44. The first-order valence-corrected chi connectivity index (χ1v) is 12.2. The van der Waals surface area contributed by atoms with Crippen LogP contribution in [0.25, 0.3) is 0 Å². The van der Waals surface area contributed by atoms with Crippen molar-refractivity contribution in [3.8, 4) is 0 Å². The van der Waals surface area contributed by atoms with Crippen LogP contribution in [0.1, 0.15) is 50.5 Å². The summed E-state index contributed by atoms with van der Waals surface area (Å²) in [5.41, 5.74) is 1.11. The second-order valence-corrected chi connectivity index (χ2v) is 10.2. The molecule has 1 N–H and O–H groups in total. The Balaban J connectivity index is 1.86. The van der Waals surface area contributed by atoms with E-state index in [1.807, 2.05) is 18.2 Å². The smallest absolute Gasteiger partial charge is 0.221 e. The number of rotatable bonds is 3. The van der Waals surface area contributed by atoms with Gasteiger partial charge in [0.05, 0.1) is 6.26 Å². The lowest BCUT2D eigenvalue weighted by Gasteiger charge is -2.46. The minimum Gasteiger partial charge on any atom is -0.355 e. The van der Waals surface area contributed by atoms with Crippen LogP contribution >= 0.6 is 0 Å². The van der Waals surface area contributed by atoms with E-state index < -0.39 is 10.0 Å². The van der Waals surface area contributed by atoms with E-state index in [2.05, 4.69) is 22.3 Å². The lowest BCUT2D eigenvalue weighted by Crippen LogP contribution is -2.52. The Morgan fingerprint density at radius 1 is 1.00 bits per heavy atom. The number of hydrogen-bond acceptors (Lipinski definition) is 4. The summed E-state index contributed by atoms with van der Waals surface area (Å²) < 4.78 is 25.7. The average Bonchev–Trinajstić information content (AvgIpc) is 2.68. The molecule has 1 spiro atoms. The van der Waals surface area contributed by atoms with Gasteiger partial charge in [-0.2, -0.15) is 0 Å². The Morgan fingerprint density at radius 2 is 1.71 bits per heavy atom. The van der Waals surface area contributed by atoms with E-state index in [1.54, 1.807) is 0 Å². The molecule has 1 aromatic carbocycles. The van der Waals surface area contributed by atoms with Gasteiger partial charge in [0.2, 0.25) is 15.9 Å². The molecule has 28 heavy (non-hydrogen) atoms. The fourth-order valence-electron chi connectivity index (χ4n) is 4.67. The van der Waals surface area contributed by atoms with Gasteiger partial charge in [0.25, 0.3) is 0 Å². The minimum atomic E-state index is -3.27. The molecule has 1 saturated heterocycles. The van der Waals surface area contributed by atoms with Crippen molar-refractivity contribution in [2.45, 2.75) is 57.0 Å². The second kappa shape index (κ2) is 9.37. The van der Waals surface area contributed by atoms with Gasteiger partial charge in [-0.3, -0.25) is 9.69 Å². The molecule has 1 saturated carbocycles. The van der Waals surface area contributed by atoms with Crippen LogP contribution in [0.5, 0.6) is 0 Å². The van der Waals surface area contributed by atoms with Gasteiger partial charge < -0.3 is 5.32 Å². The molecule has 1 aliphatic carbocycles. The van der Waals surface area contributed by atoms with E-state index in [4.69, 9.17) is 0 Å². The van der Waals surface area contributed by atoms with Crippen molar-refractivity contribution in [1.82, 2.24) is 14.5 Å². The molecule has 1 heterocycles. The van der Waals surface area contributed by atoms with E-state index in [0.29, 0.717) is 26.1 Å². The Kier molecular flexibility index (Phi) is 7.12. The highest BCUT2D eigenvalue weighted by molar-refractivity contribution is 7.88. The summed E-state index contributed by atoms with van der Waals surface area (Å²) in [6, 6.07) is 10.4. The SMILES string of the molecule is CS(=O)(=O)N1CCCN(Cc2ccccc2)C2(CCCCC2)CC(=O)NCC1. The maximum absolute atomic E-state index is 12.7. The molecule has 0 radical (unpaired) electrons. The standard InChI is InChI=1S/C21H33N3O3S/c1-28(26,27)24-15-8-14-23(18-19-9-4-2-5-10-19)21(11-6-3-7-12-21)17-20(25)22-13-16-24/h2,4-5,9-10H,3,6-8,11-18H2,1H3,(H,22,25). The summed E-state index contributed by atoms with van der Waals surface area (Å²) in [4.78, 5) is 15.2. The molecular weight excluding hydrogens is 374 g/mol. The van der Waals surface area contributed by atoms with Crippen molar-refractivity contribution in [3.63, 3.8) is 0 Å². The molecule has 0 atom stereocenters. The van der Waals surface area contributed by atoms with Crippen molar-refractivity contribution < 1.29 is 13.2 Å². The highest BCUT2D eigenvalue weighted by Gasteiger charge is 2.40. The molecule has 156 valence electrons. The lowest BCUT2D eigenvalue weighted by molar-refractivity contribution is -0.125. The van der Waals surface area contributed by atoms with Gasteiger partial charge in [-0.25, -0.2) is 12.7 Å². The Morgan fingerprint density at radius 3 is 2.39 bits per heavy atom. The third-order valence-corrected chi connectivity index (χ3v) is 7.45. The molecule has 0 unspecified atom stereocenters. The number of hydrogen-bond donors (Lipinski definition) is 1. The predicted molar refractivity (Wildman–Crippen MR) is 111 cm³/mol. The maximum Gasteiger partial charge on any atom is 0.221 e. The first-order chi connectivity index (χ1) is 13.4. The molecule has 2 aliphatic rings. The zero-order valence-electron chi connectivity index (χ0n) is 16.9. The molecule has 0 aromatic heterocycles. The normalized spacial score (nSPS) is 23.1. The number of carbonyl (C=O) groups is 1. The van der Waals surface area contributed by atoms with Crippen molar-refractivity contribution in [3.05, 3.63) is 35.9 Å². The number of amides is 1. The summed E-state index contributed by atoms with van der Waals surface area (Å²) in [7, 11) is -3.27. The first kappa shape index (κ1) is 21.3. The van der Waals surface area contributed by atoms with Crippen LogP contribution in [0.15, 0.2) is 30.3 Å². The first-order valence-electron chi connectivity index (χ1n) is 10.4. The van der Waals surface area contributed by atoms with Crippen molar-refractivity contribution >= 4 is 15.9 Å². The van der Waals surface area contributed by atoms with Gasteiger partial charge in [0, 0.05) is 44.7 Å². The topological polar surface area (TPSA) is 69.7 Å². The van der Waals surface area contributed by atoms with Crippen molar-refractivity contribution in [2.75, 3.05) is 32.4 Å². The number of sulfonamides is 1. The number of benzene rings is 1. The molecule has 1 amide bonds. The van der Waals surface area contributed by atoms with Crippen LogP contribution < -0.4 is 5.32 Å². The highest BCUT2D eigenvalue weighted by Crippen LogP contribution is 2.38. The molecule has 0 bridgehead atoms. The van der Waals surface area contributed by atoms with Crippen LogP contribution in [-0.4, -0.2) is 61.5 Å². The van der Waals surface area contributed by atoms with Crippen LogP contribution in [0.3, 0.4) is 0 Å². The van der Waals surface area contributed by atoms with Crippen LogP contribution in [-0.2, 0) is 21.4 Å². The number of carbonyl (C=O) groups excluding carboxylic acids is 1. The summed E-state index contributed by atoms with van der Waals surface area (Å²) >= 11 is 0. The molecule has 2 fully saturated rings. The molecule has 1 aromatic rings. The van der Waals surface area contributed by atoms with Crippen molar-refractivity contribution in [1.29, 1.82) is 0 Å². The fraction of sp³-hybridized carbons (Fsp3) is 0.667. The molecular formula is C21H33N3O3S. The monoisotopic (exact) mass is 407 g/mol. The molecule has 1 aliphatic heterocycles. The third-order valence-electron chi connectivity index (χ3n) is 6.15. The molecule has 6 nitrogen and oxygen atoms in total. The average molecular weight is 408 g/mol.